The van der Waals surface area contributed by atoms with E-state index in [-0.39, 0.29) is 18.0 Å². The molecule has 0 aromatic rings. The smallest absolute Gasteiger partial charge is 0.326 e. The van der Waals surface area contributed by atoms with Gasteiger partial charge in [0.1, 0.15) is 12.1 Å². The maximum absolute atomic E-state index is 12.8. The summed E-state index contributed by atoms with van der Waals surface area (Å²) in [5.41, 5.74) is 5.49. The van der Waals surface area contributed by atoms with Crippen LogP contribution in [0.1, 0.15) is 200 Å². The van der Waals surface area contributed by atoms with Crippen LogP contribution in [0.2, 0.25) is 0 Å². The van der Waals surface area contributed by atoms with E-state index in [0.29, 0.717) is 32.2 Å². The second kappa shape index (κ2) is 46.4. The first-order valence-electron chi connectivity index (χ1n) is 24.1. The fraction of sp³-hybridized carbons (Fsp3) is 0.642. The highest BCUT2D eigenvalue weighted by molar-refractivity contribution is 5.83. The van der Waals surface area contributed by atoms with Crippen molar-refractivity contribution < 1.29 is 24.2 Å². The molecule has 0 rings (SSSR count). The van der Waals surface area contributed by atoms with Crippen LogP contribution in [0.15, 0.2) is 97.2 Å². The van der Waals surface area contributed by atoms with Crippen molar-refractivity contribution in [2.24, 2.45) is 5.73 Å². The number of nitrogens with one attached hydrogen (secondary N) is 1. The second-order valence-corrected chi connectivity index (χ2v) is 15.8. The third-order valence-electron chi connectivity index (χ3n) is 10.1. The van der Waals surface area contributed by atoms with Crippen LogP contribution in [-0.2, 0) is 19.1 Å². The minimum Gasteiger partial charge on any atom is -0.480 e. The largest absolute Gasteiger partial charge is 0.480 e. The first kappa shape index (κ1) is 56.3. The van der Waals surface area contributed by atoms with Crippen molar-refractivity contribution in [3.8, 4) is 0 Å². The summed E-state index contributed by atoms with van der Waals surface area (Å²) in [6.45, 7) is 4.81. The van der Waals surface area contributed by atoms with Crippen LogP contribution in [0.3, 0.4) is 0 Å². The van der Waals surface area contributed by atoms with E-state index in [1.807, 2.05) is 0 Å². The number of carbonyl (C=O) groups excluding carboxylic acids is 2. The Morgan fingerprint density at radius 3 is 1.47 bits per heavy atom. The van der Waals surface area contributed by atoms with Gasteiger partial charge in [-0.25, -0.2) is 4.79 Å². The Bertz CT molecular complexity index is 1260. The van der Waals surface area contributed by atoms with Gasteiger partial charge in [-0.3, -0.25) is 9.59 Å². The van der Waals surface area contributed by atoms with Crippen LogP contribution in [0.4, 0.5) is 0 Å². The molecule has 4 N–H and O–H groups in total. The molecule has 0 aromatic carbocycles. The van der Waals surface area contributed by atoms with Crippen LogP contribution in [0, 0.1) is 0 Å². The lowest BCUT2D eigenvalue weighted by Crippen LogP contribution is -2.40. The van der Waals surface area contributed by atoms with Gasteiger partial charge in [0.2, 0.25) is 5.91 Å². The highest BCUT2D eigenvalue weighted by atomic mass is 16.5. The molecule has 7 nitrogen and oxygen atoms in total. The number of amides is 1. The molecule has 0 aliphatic rings. The lowest BCUT2D eigenvalue weighted by atomic mass is 10.0. The molecule has 7 heteroatoms. The molecule has 2 atom stereocenters. The Morgan fingerprint density at radius 1 is 0.500 bits per heavy atom. The zero-order chi connectivity index (χ0) is 43.8. The Morgan fingerprint density at radius 2 is 0.933 bits per heavy atom. The number of ether oxygens (including phenoxy) is 1. The van der Waals surface area contributed by atoms with E-state index < -0.39 is 12.0 Å². The van der Waals surface area contributed by atoms with E-state index in [1.54, 1.807) is 0 Å². The predicted octanol–water partition coefficient (Wildman–Crippen LogP) is 14.2. The Balaban J connectivity index is 4.47. The average Bonchev–Trinajstić information content (AvgIpc) is 3.23. The van der Waals surface area contributed by atoms with Gasteiger partial charge in [-0.2, -0.15) is 0 Å². The SMILES string of the molecule is CC/C=C\C/C=C\C/C=C\C/C=C\C/C=C\C/C=C\CCCCC(=O)OC(CCC/C=C\C/C=C\CCCCCCC)CCCCCCCC(=O)NC(CCCN)C(=O)O. The van der Waals surface area contributed by atoms with Gasteiger partial charge >= 0.3 is 11.9 Å². The second-order valence-electron chi connectivity index (χ2n) is 15.8. The number of hydrogen-bond acceptors (Lipinski definition) is 5. The first-order chi connectivity index (χ1) is 29.4. The van der Waals surface area contributed by atoms with Gasteiger partial charge in [0, 0.05) is 12.8 Å². The van der Waals surface area contributed by atoms with E-state index in [1.165, 1.54) is 38.5 Å². The summed E-state index contributed by atoms with van der Waals surface area (Å²) in [5, 5.41) is 12.0. The van der Waals surface area contributed by atoms with E-state index in [9.17, 15) is 19.5 Å². The zero-order valence-corrected chi connectivity index (χ0v) is 38.3. The highest BCUT2D eigenvalue weighted by Crippen LogP contribution is 2.17. The summed E-state index contributed by atoms with van der Waals surface area (Å²) in [4.78, 5) is 36.5. The molecule has 2 unspecified atom stereocenters. The van der Waals surface area contributed by atoms with Crippen molar-refractivity contribution in [1.29, 1.82) is 0 Å². The van der Waals surface area contributed by atoms with Crippen molar-refractivity contribution in [1.82, 2.24) is 5.32 Å². The van der Waals surface area contributed by atoms with Gasteiger partial charge in [0.15, 0.2) is 0 Å². The summed E-state index contributed by atoms with van der Waals surface area (Å²) >= 11 is 0. The summed E-state index contributed by atoms with van der Waals surface area (Å²) in [6.07, 6.45) is 63.1. The molecule has 0 saturated carbocycles. The number of allylic oxidation sites excluding steroid dienone is 16. The normalized spacial score (nSPS) is 13.5. The molecule has 0 heterocycles. The molecule has 60 heavy (non-hydrogen) atoms. The Kier molecular flexibility index (Phi) is 43.5. The molecule has 0 saturated heterocycles. The molecule has 0 aliphatic heterocycles. The van der Waals surface area contributed by atoms with Crippen molar-refractivity contribution in [2.75, 3.05) is 6.54 Å². The average molecular weight is 833 g/mol. The molecule has 0 aliphatic carbocycles. The minimum atomic E-state index is -1.01. The quantitative estimate of drug-likeness (QED) is 0.0320. The van der Waals surface area contributed by atoms with Gasteiger partial charge in [0.25, 0.3) is 0 Å². The lowest BCUT2D eigenvalue weighted by molar-refractivity contribution is -0.150. The molecular weight excluding hydrogens is 745 g/mol. The zero-order valence-electron chi connectivity index (χ0n) is 38.3. The molecule has 0 fully saturated rings. The third kappa shape index (κ3) is 42.4. The highest BCUT2D eigenvalue weighted by Gasteiger charge is 2.19. The minimum absolute atomic E-state index is 0.0610. The van der Waals surface area contributed by atoms with Gasteiger partial charge in [-0.15, -0.1) is 0 Å². The number of carboxylic acid groups (broad SMARTS) is 1. The maximum atomic E-state index is 12.8. The van der Waals surface area contributed by atoms with Crippen LogP contribution in [-0.4, -0.2) is 41.6 Å². The maximum Gasteiger partial charge on any atom is 0.326 e. The fourth-order valence-corrected chi connectivity index (χ4v) is 6.55. The van der Waals surface area contributed by atoms with Gasteiger partial charge in [0.05, 0.1) is 0 Å². The van der Waals surface area contributed by atoms with Crippen LogP contribution in [0.25, 0.3) is 0 Å². The molecule has 0 aromatic heterocycles. The monoisotopic (exact) mass is 833 g/mol. The molecule has 0 spiro atoms. The van der Waals surface area contributed by atoms with E-state index >= 15 is 0 Å². The number of aliphatic carboxylic acids is 1. The van der Waals surface area contributed by atoms with Crippen molar-refractivity contribution in [3.05, 3.63) is 97.2 Å². The van der Waals surface area contributed by atoms with Crippen molar-refractivity contribution >= 4 is 17.8 Å². The number of rotatable bonds is 42. The number of unbranched alkanes of at least 4 members (excludes halogenated alkanes) is 12. The van der Waals surface area contributed by atoms with Crippen molar-refractivity contribution in [3.63, 3.8) is 0 Å². The topological polar surface area (TPSA) is 119 Å². The molecule has 0 bridgehead atoms. The molecule has 0 radical (unpaired) electrons. The summed E-state index contributed by atoms with van der Waals surface area (Å²) < 4.78 is 6.02. The van der Waals surface area contributed by atoms with Crippen molar-refractivity contribution in [2.45, 2.75) is 212 Å². The Hall–Kier alpha value is -3.71. The van der Waals surface area contributed by atoms with Crippen LogP contribution in [0.5, 0.6) is 0 Å². The van der Waals surface area contributed by atoms with E-state index in [4.69, 9.17) is 10.5 Å². The van der Waals surface area contributed by atoms with E-state index in [2.05, 4.69) is 116 Å². The van der Waals surface area contributed by atoms with Crippen LogP contribution >= 0.6 is 0 Å². The molecule has 1 amide bonds. The van der Waals surface area contributed by atoms with Gasteiger partial charge in [-0.1, -0.05) is 156 Å². The predicted molar refractivity (Wildman–Crippen MR) is 257 cm³/mol. The molecular formula is C53H88N2O5. The summed E-state index contributed by atoms with van der Waals surface area (Å²) in [5.74, 6) is -1.32. The van der Waals surface area contributed by atoms with Gasteiger partial charge < -0.3 is 20.9 Å². The third-order valence-corrected chi connectivity index (χ3v) is 10.1. The standard InChI is InChI=1S/C53H88N2O5/c1-3-5-7-9-11-13-15-17-18-19-20-21-22-23-24-26-28-30-32-37-41-47-52(57)60-49(43-38-34-31-29-27-25-16-14-12-10-8-6-4-2)44-39-35-33-36-40-46-51(56)55-50(53(58)59)45-42-48-54/h5,7,11,13,16-18,20-21,23-25,28-31,49-50H,3-4,6,8-10,12,14-15,19,22,26-27,32-48,54H2,1-2H3,(H,55,56)(H,58,59)/b7-5-,13-11-,18-17-,21-20-,24-23-,25-16-,30-28-,31-29-. The summed E-state index contributed by atoms with van der Waals surface area (Å²) in [6, 6.07) is -0.870. The number of carbonyl (C=O) groups is 3. The number of esters is 1. The number of hydrogen-bond donors (Lipinski definition) is 3. The first-order valence-corrected chi connectivity index (χ1v) is 24.1. The van der Waals surface area contributed by atoms with Crippen LogP contribution < -0.4 is 11.1 Å². The fourth-order valence-electron chi connectivity index (χ4n) is 6.55. The lowest BCUT2D eigenvalue weighted by Gasteiger charge is -2.18. The van der Waals surface area contributed by atoms with Gasteiger partial charge in [-0.05, 0) is 135 Å². The number of carboxylic acids is 1. The van der Waals surface area contributed by atoms with E-state index in [0.717, 1.165) is 122 Å². The molecule has 340 valence electrons. The summed E-state index contributed by atoms with van der Waals surface area (Å²) in [7, 11) is 0. The Labute approximate surface area is 367 Å². The number of nitrogens with two attached hydrogens (primary N) is 1.